The number of urea groups is 1. The number of hydrogen-bond donors (Lipinski definition) is 1. The molecule has 0 aliphatic rings. The van der Waals surface area contributed by atoms with Gasteiger partial charge in [-0.3, -0.25) is 4.79 Å². The molecule has 3 amide bonds. The van der Waals surface area contributed by atoms with Crippen molar-refractivity contribution in [3.63, 3.8) is 0 Å². The first-order valence-corrected chi connectivity index (χ1v) is 12.0. The number of nitrogens with one attached hydrogen (secondary N) is 1. The van der Waals surface area contributed by atoms with Crippen LogP contribution in [-0.4, -0.2) is 41.4 Å². The molecule has 3 aromatic rings. The number of hydrogen-bond acceptors (Lipinski definition) is 4. The molecule has 0 bridgehead atoms. The molecule has 6 nitrogen and oxygen atoms in total. The van der Waals surface area contributed by atoms with Crippen molar-refractivity contribution in [3.8, 4) is 5.75 Å². The van der Waals surface area contributed by atoms with Gasteiger partial charge in [-0.2, -0.15) is 0 Å². The van der Waals surface area contributed by atoms with E-state index in [4.69, 9.17) is 4.74 Å². The molecule has 0 saturated heterocycles. The minimum absolute atomic E-state index is 0.0659. The Bertz CT molecular complexity index is 1060. The summed E-state index contributed by atoms with van der Waals surface area (Å²) in [6, 6.07) is 16.6. The maximum Gasteiger partial charge on any atom is 0.322 e. The molecule has 3 rings (SSSR count). The zero-order chi connectivity index (χ0) is 24.5. The van der Waals surface area contributed by atoms with Gasteiger partial charge in [0.2, 0.25) is 5.91 Å². The summed E-state index contributed by atoms with van der Waals surface area (Å²) in [5, 5.41) is 4.84. The van der Waals surface area contributed by atoms with Gasteiger partial charge in [-0.25, -0.2) is 9.18 Å². The van der Waals surface area contributed by atoms with Crippen LogP contribution in [0.3, 0.4) is 0 Å². The summed E-state index contributed by atoms with van der Waals surface area (Å²) in [5.41, 5.74) is 1.44. The van der Waals surface area contributed by atoms with Gasteiger partial charge in [-0.15, -0.1) is 11.3 Å². The Morgan fingerprint density at radius 3 is 2.35 bits per heavy atom. The number of halogens is 1. The Labute approximate surface area is 204 Å². The van der Waals surface area contributed by atoms with Crippen LogP contribution in [0.25, 0.3) is 0 Å². The molecular formula is C26H30FN3O3S. The van der Waals surface area contributed by atoms with Crippen molar-refractivity contribution < 1.29 is 18.7 Å². The van der Waals surface area contributed by atoms with Crippen LogP contribution in [0.1, 0.15) is 30.7 Å². The molecule has 1 aromatic heterocycles. The van der Waals surface area contributed by atoms with Crippen LogP contribution in [0.2, 0.25) is 0 Å². The molecule has 1 atom stereocenters. The third-order valence-electron chi connectivity index (χ3n) is 5.60. The smallest absolute Gasteiger partial charge is 0.322 e. The fourth-order valence-electron chi connectivity index (χ4n) is 3.40. The van der Waals surface area contributed by atoms with E-state index < -0.39 is 0 Å². The van der Waals surface area contributed by atoms with Crippen molar-refractivity contribution in [3.05, 3.63) is 82.3 Å². The molecule has 1 heterocycles. The second-order valence-corrected chi connectivity index (χ2v) is 9.03. The first-order valence-electron chi connectivity index (χ1n) is 11.2. The molecular weight excluding hydrogens is 453 g/mol. The summed E-state index contributed by atoms with van der Waals surface area (Å²) in [6.45, 7) is 4.58. The predicted molar refractivity (Wildman–Crippen MR) is 133 cm³/mol. The Kier molecular flexibility index (Phi) is 9.04. The molecule has 0 saturated carbocycles. The molecule has 8 heteroatoms. The summed E-state index contributed by atoms with van der Waals surface area (Å²) in [5.74, 6) is 0.193. The highest BCUT2D eigenvalue weighted by molar-refractivity contribution is 7.09. The number of nitrogens with zero attached hydrogens (tertiary/aromatic N) is 2. The minimum atomic E-state index is -0.342. The lowest BCUT2D eigenvalue weighted by Crippen LogP contribution is -2.47. The minimum Gasteiger partial charge on any atom is -0.497 e. The first-order chi connectivity index (χ1) is 16.4. The van der Waals surface area contributed by atoms with Gasteiger partial charge < -0.3 is 19.9 Å². The van der Waals surface area contributed by atoms with E-state index in [1.165, 1.54) is 12.1 Å². The van der Waals surface area contributed by atoms with Crippen molar-refractivity contribution in [2.75, 3.05) is 19.0 Å². The van der Waals surface area contributed by atoms with Crippen LogP contribution in [0.5, 0.6) is 5.75 Å². The Morgan fingerprint density at radius 2 is 1.76 bits per heavy atom. The van der Waals surface area contributed by atoms with Crippen molar-refractivity contribution in [1.29, 1.82) is 0 Å². The molecule has 0 spiro atoms. The lowest BCUT2D eigenvalue weighted by atomic mass is 10.2. The number of anilines is 1. The van der Waals surface area contributed by atoms with E-state index in [0.29, 0.717) is 30.9 Å². The second kappa shape index (κ2) is 12.2. The van der Waals surface area contributed by atoms with Crippen LogP contribution in [0.4, 0.5) is 14.9 Å². The van der Waals surface area contributed by atoms with E-state index in [9.17, 15) is 14.0 Å². The molecule has 0 aliphatic heterocycles. The van der Waals surface area contributed by atoms with E-state index >= 15 is 0 Å². The summed E-state index contributed by atoms with van der Waals surface area (Å²) >= 11 is 1.57. The largest absolute Gasteiger partial charge is 0.497 e. The predicted octanol–water partition coefficient (Wildman–Crippen LogP) is 5.76. The number of rotatable bonds is 10. The van der Waals surface area contributed by atoms with E-state index in [0.717, 1.165) is 10.4 Å². The van der Waals surface area contributed by atoms with Gasteiger partial charge in [-0.1, -0.05) is 25.1 Å². The Hall–Kier alpha value is -3.39. The fourth-order valence-corrected chi connectivity index (χ4v) is 4.12. The van der Waals surface area contributed by atoms with Crippen molar-refractivity contribution in [2.24, 2.45) is 0 Å². The number of thiophene rings is 1. The zero-order valence-electron chi connectivity index (χ0n) is 19.7. The average Bonchev–Trinajstić information content (AvgIpc) is 3.36. The SMILES string of the molecule is CCC(C)N(CC(=O)N(Cc1ccc(F)cc1)Cc1cccs1)C(=O)Nc1ccc(OC)cc1. The quantitative estimate of drug-likeness (QED) is 0.399. The number of methoxy groups -OCH3 is 1. The number of ether oxygens (including phenoxy) is 1. The van der Waals surface area contributed by atoms with E-state index in [1.807, 2.05) is 31.4 Å². The van der Waals surface area contributed by atoms with Gasteiger partial charge in [-0.05, 0) is 66.8 Å². The maximum atomic E-state index is 13.4. The maximum absolute atomic E-state index is 13.4. The third kappa shape index (κ3) is 7.05. The summed E-state index contributed by atoms with van der Waals surface area (Å²) in [4.78, 5) is 30.8. The van der Waals surface area contributed by atoms with Crippen LogP contribution >= 0.6 is 11.3 Å². The van der Waals surface area contributed by atoms with Gasteiger partial charge in [0, 0.05) is 23.2 Å². The topological polar surface area (TPSA) is 61.9 Å². The summed E-state index contributed by atoms with van der Waals surface area (Å²) in [6.07, 6.45) is 0.701. The average molecular weight is 484 g/mol. The highest BCUT2D eigenvalue weighted by atomic mass is 32.1. The number of benzene rings is 2. The Balaban J connectivity index is 1.76. The fraction of sp³-hybridized carbons (Fsp3) is 0.308. The zero-order valence-corrected chi connectivity index (χ0v) is 20.5. The van der Waals surface area contributed by atoms with Crippen LogP contribution < -0.4 is 10.1 Å². The van der Waals surface area contributed by atoms with Gasteiger partial charge in [0.1, 0.15) is 18.1 Å². The Morgan fingerprint density at radius 1 is 1.06 bits per heavy atom. The van der Waals surface area contributed by atoms with E-state index in [1.54, 1.807) is 64.6 Å². The molecule has 0 fully saturated rings. The monoisotopic (exact) mass is 483 g/mol. The molecule has 0 radical (unpaired) electrons. The lowest BCUT2D eigenvalue weighted by molar-refractivity contribution is -0.133. The van der Waals surface area contributed by atoms with Gasteiger partial charge in [0.15, 0.2) is 0 Å². The summed E-state index contributed by atoms with van der Waals surface area (Å²) in [7, 11) is 1.58. The lowest BCUT2D eigenvalue weighted by Gasteiger charge is -2.31. The molecule has 180 valence electrons. The third-order valence-corrected chi connectivity index (χ3v) is 6.46. The van der Waals surface area contributed by atoms with Crippen molar-refractivity contribution in [1.82, 2.24) is 9.80 Å². The highest BCUT2D eigenvalue weighted by Crippen LogP contribution is 2.18. The van der Waals surface area contributed by atoms with E-state index in [2.05, 4.69) is 5.32 Å². The molecule has 34 heavy (non-hydrogen) atoms. The second-order valence-electron chi connectivity index (χ2n) is 8.00. The van der Waals surface area contributed by atoms with E-state index in [-0.39, 0.29) is 30.3 Å². The molecule has 1 N–H and O–H groups in total. The van der Waals surface area contributed by atoms with Crippen LogP contribution in [0, 0.1) is 5.82 Å². The molecule has 2 aromatic carbocycles. The number of carbonyl (C=O) groups excluding carboxylic acids is 2. The van der Waals surface area contributed by atoms with Crippen molar-refractivity contribution in [2.45, 2.75) is 39.4 Å². The van der Waals surface area contributed by atoms with Gasteiger partial charge >= 0.3 is 6.03 Å². The van der Waals surface area contributed by atoms with Gasteiger partial charge in [0.25, 0.3) is 0 Å². The number of amides is 3. The standard InChI is InChI=1S/C26H30FN3O3S/c1-4-19(2)30(26(32)28-22-11-13-23(33-3)14-12-22)18-25(31)29(17-24-6-5-15-34-24)16-20-7-9-21(27)10-8-20/h5-15,19H,4,16-18H2,1-3H3,(H,28,32). The number of carbonyl (C=O) groups is 2. The summed E-state index contributed by atoms with van der Waals surface area (Å²) < 4.78 is 18.5. The highest BCUT2D eigenvalue weighted by Gasteiger charge is 2.25. The molecule has 1 unspecified atom stereocenters. The van der Waals surface area contributed by atoms with Crippen LogP contribution in [-0.2, 0) is 17.9 Å². The molecule has 0 aliphatic carbocycles. The van der Waals surface area contributed by atoms with Crippen molar-refractivity contribution >= 4 is 29.0 Å². The van der Waals surface area contributed by atoms with Gasteiger partial charge in [0.05, 0.1) is 13.7 Å². The first kappa shape index (κ1) is 25.2. The van der Waals surface area contributed by atoms with Crippen LogP contribution in [0.15, 0.2) is 66.0 Å². The normalized spacial score (nSPS) is 11.5.